The van der Waals surface area contributed by atoms with Crippen molar-refractivity contribution in [3.63, 3.8) is 0 Å². The summed E-state index contributed by atoms with van der Waals surface area (Å²) in [5, 5.41) is 15.9. The van der Waals surface area contributed by atoms with Gasteiger partial charge < -0.3 is 21.3 Å². The third kappa shape index (κ3) is 9.72. The van der Waals surface area contributed by atoms with E-state index in [0.29, 0.717) is 0 Å². The van der Waals surface area contributed by atoms with Crippen LogP contribution in [0.25, 0.3) is 0 Å². The Labute approximate surface area is 280 Å². The van der Waals surface area contributed by atoms with Gasteiger partial charge in [0.15, 0.2) is 0 Å². The van der Waals surface area contributed by atoms with Crippen LogP contribution in [0.15, 0.2) is 36.4 Å². The van der Waals surface area contributed by atoms with Gasteiger partial charge in [0, 0.05) is 5.16 Å². The molecule has 2 saturated heterocycles. The van der Waals surface area contributed by atoms with E-state index < -0.39 is 0 Å². The molecule has 2 fully saturated rings. The maximum atomic E-state index is 3.90. The zero-order chi connectivity index (χ0) is 31.6. The van der Waals surface area contributed by atoms with E-state index in [9.17, 15) is 0 Å². The summed E-state index contributed by atoms with van der Waals surface area (Å²) in [6.45, 7) is 33.6. The molecule has 0 bridgehead atoms. The van der Waals surface area contributed by atoms with Crippen molar-refractivity contribution in [2.75, 3.05) is 26.2 Å². The van der Waals surface area contributed by atoms with Crippen LogP contribution in [0.1, 0.15) is 118 Å². The summed E-state index contributed by atoms with van der Waals surface area (Å²) in [5.74, 6) is 0. The van der Waals surface area contributed by atoms with Gasteiger partial charge >= 0.3 is 17.1 Å². The monoisotopic (exact) mass is 670 g/mol. The standard InChI is InChI=1S/C31H59N4P2.C5H5.Fe/c1-27(2,3)23-19-22(31(36,25-32-15-13-16-33-25)26-34-17-14-18-35-26)21(24(23)28(4,5)6)20-37(29(7,8)9)30(10,11)12;1-2-4-5-3-1;/h19,25-26,32-35H,13-18,20,36H2,1-12H3;1-5H;/q2*-1;+2. The molecule has 0 aliphatic carbocycles. The molecule has 1 atom stereocenters. The van der Waals surface area contributed by atoms with Crippen LogP contribution in [0.2, 0.25) is 0 Å². The molecule has 2 aliphatic heterocycles. The minimum absolute atomic E-state index is 0. The van der Waals surface area contributed by atoms with Gasteiger partial charge in [0.1, 0.15) is 0 Å². The van der Waals surface area contributed by atoms with E-state index in [1.165, 1.54) is 24.0 Å². The fourth-order valence-corrected chi connectivity index (χ4v) is 11.4. The summed E-state index contributed by atoms with van der Waals surface area (Å²) in [5.41, 5.74) is 6.41. The Kier molecular flexibility index (Phi) is 13.8. The van der Waals surface area contributed by atoms with E-state index >= 15 is 0 Å². The molecule has 7 heteroatoms. The zero-order valence-corrected chi connectivity index (χ0v) is 32.6. The van der Waals surface area contributed by atoms with Crippen molar-refractivity contribution in [3.05, 3.63) is 58.7 Å². The van der Waals surface area contributed by atoms with E-state index in [2.05, 4.69) is 120 Å². The zero-order valence-electron chi connectivity index (χ0n) is 29.4. The molecule has 4 nitrogen and oxygen atoms in total. The number of nitrogens with one attached hydrogen (secondary N) is 4. The van der Waals surface area contributed by atoms with Crippen LogP contribution in [0.4, 0.5) is 0 Å². The normalized spacial score (nSPS) is 18.3. The predicted molar refractivity (Wildman–Crippen MR) is 192 cm³/mol. The Hall–Kier alpha value is -0.0805. The van der Waals surface area contributed by atoms with Crippen LogP contribution >= 0.6 is 17.2 Å². The van der Waals surface area contributed by atoms with Gasteiger partial charge in [-0.15, -0.1) is 14.8 Å². The summed E-state index contributed by atoms with van der Waals surface area (Å²) in [6.07, 6.45) is 3.89. The van der Waals surface area contributed by atoms with E-state index in [-0.39, 0.29) is 63.6 Å². The largest absolute Gasteiger partial charge is 2.00 e. The topological polar surface area (TPSA) is 48.1 Å². The minimum Gasteiger partial charge on any atom is -0.302 e. The predicted octanol–water partition coefficient (Wildman–Crippen LogP) is 7.87. The maximum absolute atomic E-state index is 3.90. The average molecular weight is 671 g/mol. The molecule has 2 heterocycles. The molecule has 2 aliphatic rings. The molecule has 4 N–H and O–H groups in total. The third-order valence-corrected chi connectivity index (χ3v) is 13.6. The Morgan fingerprint density at radius 2 is 1.19 bits per heavy atom. The number of hydrogen-bond donors (Lipinski definition) is 4. The van der Waals surface area contributed by atoms with Gasteiger partial charge in [0.25, 0.3) is 0 Å². The molecule has 0 radical (unpaired) electrons. The first-order valence-electron chi connectivity index (χ1n) is 16.3. The summed E-state index contributed by atoms with van der Waals surface area (Å²) >= 11 is 0. The molecule has 0 saturated carbocycles. The summed E-state index contributed by atoms with van der Waals surface area (Å²) in [7, 11) is 3.10. The Balaban J connectivity index is 0.000000973. The number of hydrogen-bond acceptors (Lipinski definition) is 4. The Morgan fingerprint density at radius 1 is 0.767 bits per heavy atom. The average Bonchev–Trinajstić information content (AvgIpc) is 3.58. The van der Waals surface area contributed by atoms with Gasteiger partial charge in [-0.1, -0.05) is 96.4 Å². The smallest absolute Gasteiger partial charge is 0.302 e. The van der Waals surface area contributed by atoms with Crippen molar-refractivity contribution in [3.8, 4) is 0 Å². The van der Waals surface area contributed by atoms with E-state index in [1.807, 2.05) is 30.3 Å². The molecule has 2 aromatic carbocycles. The Bertz CT molecular complexity index is 1040. The van der Waals surface area contributed by atoms with Crippen LogP contribution in [0, 0.1) is 0 Å². The molecule has 0 spiro atoms. The van der Waals surface area contributed by atoms with Crippen LogP contribution in [-0.2, 0) is 39.2 Å². The van der Waals surface area contributed by atoms with Crippen LogP contribution < -0.4 is 21.3 Å². The van der Waals surface area contributed by atoms with Crippen LogP contribution in [0.3, 0.4) is 0 Å². The first-order chi connectivity index (χ1) is 19.3. The van der Waals surface area contributed by atoms with Crippen molar-refractivity contribution >= 4 is 17.2 Å². The van der Waals surface area contributed by atoms with Crippen molar-refractivity contribution in [2.45, 2.75) is 141 Å². The van der Waals surface area contributed by atoms with Gasteiger partial charge in [-0.2, -0.15) is 34.9 Å². The van der Waals surface area contributed by atoms with E-state index in [1.54, 1.807) is 11.1 Å². The van der Waals surface area contributed by atoms with Gasteiger partial charge in [-0.3, -0.25) is 0 Å². The summed E-state index contributed by atoms with van der Waals surface area (Å²) < 4.78 is 0. The SMILES string of the molecule is CC(C)(C)c1cc(C(P)(C2NCCCN2)C2NCCCN2)c(CP(C(C)(C)C)C(C)(C)C)[c-]1C(C)(C)C.[Fe+2].c1cc[cH-]c1. The second-order valence-electron chi connectivity index (χ2n) is 16.5. The van der Waals surface area contributed by atoms with Gasteiger partial charge in [0.2, 0.25) is 0 Å². The first-order valence-corrected chi connectivity index (χ1v) is 18.4. The van der Waals surface area contributed by atoms with Crippen LogP contribution in [-0.4, -0.2) is 48.8 Å². The van der Waals surface area contributed by atoms with Gasteiger partial charge in [-0.25, -0.2) is 18.2 Å². The van der Waals surface area contributed by atoms with Crippen molar-refractivity contribution in [1.29, 1.82) is 0 Å². The fraction of sp³-hybridized carbons (Fsp3) is 0.722. The number of rotatable bonds is 5. The van der Waals surface area contributed by atoms with E-state index in [0.717, 1.165) is 32.3 Å². The second kappa shape index (κ2) is 15.2. The van der Waals surface area contributed by atoms with Crippen molar-refractivity contribution in [2.24, 2.45) is 0 Å². The second-order valence-corrected chi connectivity index (χ2v) is 21.3. The molecule has 0 aromatic heterocycles. The summed E-state index contributed by atoms with van der Waals surface area (Å²) in [6, 6.07) is 12.6. The van der Waals surface area contributed by atoms with Crippen LogP contribution in [0.5, 0.6) is 0 Å². The van der Waals surface area contributed by atoms with E-state index in [4.69, 9.17) is 0 Å². The van der Waals surface area contributed by atoms with Crippen molar-refractivity contribution in [1.82, 2.24) is 21.3 Å². The molecule has 1 unspecified atom stereocenters. The first kappa shape index (κ1) is 39.1. The molecule has 0 amide bonds. The summed E-state index contributed by atoms with van der Waals surface area (Å²) in [4.78, 5) is 0. The maximum Gasteiger partial charge on any atom is 2.00 e. The molecule has 246 valence electrons. The van der Waals surface area contributed by atoms with Crippen molar-refractivity contribution < 1.29 is 17.1 Å². The fourth-order valence-electron chi connectivity index (χ4n) is 7.02. The third-order valence-electron chi connectivity index (χ3n) is 8.76. The van der Waals surface area contributed by atoms with Gasteiger partial charge in [0.05, 0.1) is 12.3 Å². The van der Waals surface area contributed by atoms with Gasteiger partial charge in [-0.05, 0) is 60.9 Å². The molecule has 43 heavy (non-hydrogen) atoms. The molecular formula is C36H64FeN4P2. The molecule has 2 aromatic rings. The minimum atomic E-state index is -0.294. The quantitative estimate of drug-likeness (QED) is 0.149. The molecular weight excluding hydrogens is 606 g/mol. The Morgan fingerprint density at radius 3 is 1.49 bits per heavy atom. The molecule has 4 rings (SSSR count).